The molecule has 0 fully saturated rings. The van der Waals surface area contributed by atoms with E-state index >= 15 is 0 Å². The lowest BCUT2D eigenvalue weighted by Gasteiger charge is -1.97. The molecule has 0 spiro atoms. The summed E-state index contributed by atoms with van der Waals surface area (Å²) in [6.45, 7) is 0. The molecule has 56 valence electrons. The third kappa shape index (κ3) is 0.756. The second-order valence-corrected chi connectivity index (χ2v) is 2.31. The van der Waals surface area contributed by atoms with Crippen LogP contribution in [0.5, 0.6) is 0 Å². The van der Waals surface area contributed by atoms with E-state index in [1.54, 1.807) is 12.2 Å². The monoisotopic (exact) mass is 151 g/mol. The van der Waals surface area contributed by atoms with Crippen molar-refractivity contribution in [1.82, 2.24) is 5.16 Å². The number of rotatable bonds is 0. The Kier molecular flexibility index (Phi) is 1.09. The predicted molar refractivity (Wildman–Crippen MR) is 37.3 cm³/mol. The molecule has 1 heterocycles. The molecule has 1 aliphatic carbocycles. The van der Waals surface area contributed by atoms with Crippen LogP contribution in [0.25, 0.3) is 6.08 Å². The molecule has 0 unspecified atom stereocenters. The summed E-state index contributed by atoms with van der Waals surface area (Å²) in [6.07, 6.45) is 3.65. The zero-order valence-corrected chi connectivity index (χ0v) is 5.59. The molecule has 4 heteroatoms. The molecule has 4 nitrogen and oxygen atoms in total. The van der Waals surface area contributed by atoms with E-state index in [9.17, 15) is 9.59 Å². The highest BCUT2D eigenvalue weighted by atomic mass is 16.5. The second kappa shape index (κ2) is 1.95. The number of carbonyl (C=O) groups is 1. The Labute approximate surface area is 61.5 Å². The van der Waals surface area contributed by atoms with Gasteiger partial charge >= 0.3 is 5.63 Å². The Morgan fingerprint density at radius 1 is 1.45 bits per heavy atom. The molecule has 11 heavy (non-hydrogen) atoms. The van der Waals surface area contributed by atoms with Gasteiger partial charge in [0.25, 0.3) is 0 Å². The van der Waals surface area contributed by atoms with E-state index in [1.807, 2.05) is 0 Å². The molecule has 1 aliphatic rings. The first kappa shape index (κ1) is 6.15. The van der Waals surface area contributed by atoms with Gasteiger partial charge < -0.3 is 4.52 Å². The zero-order chi connectivity index (χ0) is 7.84. The van der Waals surface area contributed by atoms with Crippen molar-refractivity contribution >= 4 is 11.9 Å². The number of ketones is 1. The summed E-state index contributed by atoms with van der Waals surface area (Å²) < 4.78 is 4.44. The maximum Gasteiger partial charge on any atom is 0.368 e. The Bertz CT molecular complexity index is 383. The van der Waals surface area contributed by atoms with Crippen LogP contribution in [-0.4, -0.2) is 10.9 Å². The van der Waals surface area contributed by atoms with E-state index in [2.05, 4.69) is 9.68 Å². The molecule has 0 saturated carbocycles. The maximum atomic E-state index is 11.0. The van der Waals surface area contributed by atoms with Crippen LogP contribution in [0.2, 0.25) is 0 Å². The fourth-order valence-corrected chi connectivity index (χ4v) is 1.08. The van der Waals surface area contributed by atoms with Crippen molar-refractivity contribution in [3.63, 3.8) is 0 Å². The fraction of sp³-hybridized carbons (Fsp3) is 0.143. The van der Waals surface area contributed by atoms with Gasteiger partial charge in [0.2, 0.25) is 0 Å². The quantitative estimate of drug-likeness (QED) is 0.589. The molecule has 0 radical (unpaired) electrons. The van der Waals surface area contributed by atoms with Crippen molar-refractivity contribution in [2.75, 3.05) is 0 Å². The molecule has 0 atom stereocenters. The minimum absolute atomic E-state index is 0.146. The highest BCUT2D eigenvalue weighted by Crippen LogP contribution is 2.12. The first-order chi connectivity index (χ1) is 5.29. The van der Waals surface area contributed by atoms with Crippen LogP contribution in [0.15, 0.2) is 15.4 Å². The zero-order valence-electron chi connectivity index (χ0n) is 5.59. The molecule has 1 aromatic rings. The van der Waals surface area contributed by atoms with Crippen LogP contribution in [0, 0.1) is 0 Å². The van der Waals surface area contributed by atoms with Gasteiger partial charge in [-0.1, -0.05) is 6.08 Å². The molecule has 1 aromatic heterocycles. The minimum Gasteiger partial charge on any atom is -0.338 e. The van der Waals surface area contributed by atoms with Crippen LogP contribution in [-0.2, 0) is 0 Å². The van der Waals surface area contributed by atoms with Crippen LogP contribution in [0.3, 0.4) is 0 Å². The number of aromatic nitrogens is 1. The van der Waals surface area contributed by atoms with Gasteiger partial charge in [0, 0.05) is 6.42 Å². The number of aromatic amines is 1. The summed E-state index contributed by atoms with van der Waals surface area (Å²) in [4.78, 5) is 21.9. The number of fused-ring (bicyclic) bond motifs is 1. The van der Waals surface area contributed by atoms with Crippen molar-refractivity contribution in [2.24, 2.45) is 0 Å². The normalized spacial score (nSPS) is 15.1. The van der Waals surface area contributed by atoms with Gasteiger partial charge in [-0.25, -0.2) is 9.95 Å². The van der Waals surface area contributed by atoms with E-state index < -0.39 is 5.63 Å². The largest absolute Gasteiger partial charge is 0.368 e. The standard InChI is InChI=1S/C7H5NO3/c9-5-3-1-2-4-6(5)7(10)11-8-4/h1-2,8H,3H2. The fourth-order valence-electron chi connectivity index (χ4n) is 1.08. The molecular weight excluding hydrogens is 146 g/mol. The Morgan fingerprint density at radius 3 is 3.00 bits per heavy atom. The van der Waals surface area contributed by atoms with Crippen LogP contribution >= 0.6 is 0 Å². The van der Waals surface area contributed by atoms with E-state index in [0.717, 1.165) is 0 Å². The Morgan fingerprint density at radius 2 is 2.27 bits per heavy atom. The third-order valence-corrected chi connectivity index (χ3v) is 1.59. The number of hydrogen-bond acceptors (Lipinski definition) is 3. The topological polar surface area (TPSA) is 63.1 Å². The minimum atomic E-state index is -0.575. The molecule has 0 saturated heterocycles. The average molecular weight is 151 g/mol. The van der Waals surface area contributed by atoms with E-state index in [4.69, 9.17) is 0 Å². The second-order valence-electron chi connectivity index (χ2n) is 2.31. The Hall–Kier alpha value is -1.58. The number of allylic oxidation sites excluding steroid dienone is 1. The third-order valence-electron chi connectivity index (χ3n) is 1.59. The Balaban J connectivity index is 2.77. The van der Waals surface area contributed by atoms with Gasteiger partial charge in [0.05, 0.1) is 5.69 Å². The lowest BCUT2D eigenvalue weighted by atomic mass is 10.0. The SMILES string of the molecule is O=C1CC=Cc2[nH]oc(=O)c21. The molecule has 2 rings (SSSR count). The van der Waals surface area contributed by atoms with Crippen LogP contribution < -0.4 is 5.63 Å². The van der Waals surface area contributed by atoms with Gasteiger partial charge in [-0.3, -0.25) is 4.79 Å². The van der Waals surface area contributed by atoms with Crippen molar-refractivity contribution in [3.05, 3.63) is 27.8 Å². The van der Waals surface area contributed by atoms with Crippen LogP contribution in [0.4, 0.5) is 0 Å². The number of Topliss-reactive ketones (excluding diaryl/α,β-unsaturated/α-hetero) is 1. The lowest BCUT2D eigenvalue weighted by molar-refractivity contribution is 0.0992. The smallest absolute Gasteiger partial charge is 0.338 e. The van der Waals surface area contributed by atoms with Crippen LogP contribution in [0.1, 0.15) is 22.5 Å². The lowest BCUT2D eigenvalue weighted by Crippen LogP contribution is -2.12. The first-order valence-electron chi connectivity index (χ1n) is 3.20. The van der Waals surface area contributed by atoms with Crippen molar-refractivity contribution in [1.29, 1.82) is 0 Å². The van der Waals surface area contributed by atoms with E-state index in [1.165, 1.54) is 0 Å². The molecule has 1 N–H and O–H groups in total. The van der Waals surface area contributed by atoms with Gasteiger partial charge in [0.1, 0.15) is 5.56 Å². The van der Waals surface area contributed by atoms with Crippen molar-refractivity contribution in [2.45, 2.75) is 6.42 Å². The molecule has 0 bridgehead atoms. The highest BCUT2D eigenvalue weighted by Gasteiger charge is 2.19. The number of H-pyrrole nitrogens is 1. The summed E-state index contributed by atoms with van der Waals surface area (Å²) in [6, 6.07) is 0. The predicted octanol–water partition coefficient (Wildman–Crippen LogP) is 0.568. The van der Waals surface area contributed by atoms with Gasteiger partial charge in [0.15, 0.2) is 5.78 Å². The molecule has 0 amide bonds. The summed E-state index contributed by atoms with van der Waals surface area (Å²) in [5.74, 6) is -0.183. The molecule has 0 aliphatic heterocycles. The summed E-state index contributed by atoms with van der Waals surface area (Å²) >= 11 is 0. The van der Waals surface area contributed by atoms with Crippen molar-refractivity contribution < 1.29 is 9.32 Å². The van der Waals surface area contributed by atoms with Gasteiger partial charge in [-0.15, -0.1) is 0 Å². The summed E-state index contributed by atoms with van der Waals surface area (Å²) in [5.41, 5.74) is 0.0492. The highest BCUT2D eigenvalue weighted by molar-refractivity contribution is 6.01. The number of carbonyl (C=O) groups excluding carboxylic acids is 1. The maximum absolute atomic E-state index is 11.0. The van der Waals surface area contributed by atoms with E-state index in [0.29, 0.717) is 5.69 Å². The van der Waals surface area contributed by atoms with Gasteiger partial charge in [-0.2, -0.15) is 0 Å². The number of nitrogens with one attached hydrogen (secondary N) is 1. The average Bonchev–Trinajstić information content (AvgIpc) is 2.34. The van der Waals surface area contributed by atoms with E-state index in [-0.39, 0.29) is 17.8 Å². The number of hydrogen-bond donors (Lipinski definition) is 1. The molecular formula is C7H5NO3. The molecule has 0 aromatic carbocycles. The van der Waals surface area contributed by atoms with Crippen molar-refractivity contribution in [3.8, 4) is 0 Å². The summed E-state index contributed by atoms with van der Waals surface area (Å²) in [5, 5.41) is 2.36. The summed E-state index contributed by atoms with van der Waals surface area (Å²) in [7, 11) is 0. The first-order valence-corrected chi connectivity index (χ1v) is 3.20. The van der Waals surface area contributed by atoms with Gasteiger partial charge in [-0.05, 0) is 6.08 Å².